The topological polar surface area (TPSA) is 8.17 Å². The van der Waals surface area contributed by atoms with Crippen LogP contribution in [0.4, 0.5) is 17.1 Å². The van der Waals surface area contributed by atoms with Crippen LogP contribution in [0.5, 0.6) is 0 Å². The molecule has 0 atom stereocenters. The zero-order valence-electron chi connectivity index (χ0n) is 35.8. The number of benzene rings is 10. The Kier molecular flexibility index (Phi) is 7.90. The lowest BCUT2D eigenvalue weighted by atomic mass is 9.79. The summed E-state index contributed by atoms with van der Waals surface area (Å²) < 4.78 is 2.66. The molecular formula is C62H44N2. The lowest BCUT2D eigenvalue weighted by molar-refractivity contribution is 0.564. The van der Waals surface area contributed by atoms with Crippen molar-refractivity contribution in [2.24, 2.45) is 0 Å². The van der Waals surface area contributed by atoms with Crippen LogP contribution < -0.4 is 4.90 Å². The fourth-order valence-corrected chi connectivity index (χ4v) is 11.6. The van der Waals surface area contributed by atoms with E-state index in [9.17, 15) is 0 Å². The molecule has 0 unspecified atom stereocenters. The summed E-state index contributed by atoms with van der Waals surface area (Å²) in [5.74, 6) is 0. The number of para-hydroxylation sites is 1. The predicted octanol–water partition coefficient (Wildman–Crippen LogP) is 16.2. The lowest BCUT2D eigenvalue weighted by Gasteiger charge is -2.37. The molecule has 2 aliphatic rings. The summed E-state index contributed by atoms with van der Waals surface area (Å²) in [5, 5.41) is 4.92. The second kappa shape index (κ2) is 13.8. The molecule has 10 aromatic carbocycles. The highest BCUT2D eigenvalue weighted by Gasteiger charge is 2.48. The van der Waals surface area contributed by atoms with Crippen LogP contribution in [0.15, 0.2) is 231 Å². The van der Waals surface area contributed by atoms with Gasteiger partial charge < -0.3 is 9.47 Å². The van der Waals surface area contributed by atoms with E-state index in [1.54, 1.807) is 0 Å². The average Bonchev–Trinajstić information content (AvgIpc) is 3.93. The average molecular weight is 817 g/mol. The van der Waals surface area contributed by atoms with Crippen molar-refractivity contribution < 1.29 is 0 Å². The summed E-state index contributed by atoms with van der Waals surface area (Å²) in [6.07, 6.45) is 0. The Balaban J connectivity index is 1.10. The molecule has 0 spiro atoms. The largest absolute Gasteiger partial charge is 0.322 e. The molecule has 0 saturated heterocycles. The minimum absolute atomic E-state index is 0.132. The quantitative estimate of drug-likeness (QED) is 0.162. The minimum Gasteiger partial charge on any atom is -0.322 e. The SMILES string of the molecule is CC1(C)c2ccccc2-c2c(N(c3ccc(-c4ccccc4)cc3)c3ccc4c(c3)c3ccccc3n4C3(c4ccc5ccccc5c4)c4ccccc4-c4ccccc43)cccc21. The summed E-state index contributed by atoms with van der Waals surface area (Å²) in [6, 6.07) is 85.9. The van der Waals surface area contributed by atoms with Crippen LogP contribution in [-0.4, -0.2) is 4.57 Å². The van der Waals surface area contributed by atoms with Gasteiger partial charge in [-0.25, -0.2) is 0 Å². The normalized spacial score (nSPS) is 14.0. The number of fused-ring (bicyclic) bond motifs is 10. The highest BCUT2D eigenvalue weighted by Crippen LogP contribution is 2.58. The Morgan fingerprint density at radius 2 is 0.953 bits per heavy atom. The van der Waals surface area contributed by atoms with Crippen LogP contribution in [0.3, 0.4) is 0 Å². The van der Waals surface area contributed by atoms with E-state index in [4.69, 9.17) is 0 Å². The number of aromatic nitrogens is 1. The molecule has 1 heterocycles. The number of hydrogen-bond donors (Lipinski definition) is 0. The van der Waals surface area contributed by atoms with Gasteiger partial charge in [0.1, 0.15) is 5.54 Å². The first-order valence-electron chi connectivity index (χ1n) is 22.4. The van der Waals surface area contributed by atoms with E-state index in [1.165, 1.54) is 99.5 Å². The van der Waals surface area contributed by atoms with Gasteiger partial charge in [-0.1, -0.05) is 196 Å². The van der Waals surface area contributed by atoms with E-state index < -0.39 is 5.54 Å². The van der Waals surface area contributed by atoms with Crippen LogP contribution >= 0.6 is 0 Å². The van der Waals surface area contributed by atoms with Gasteiger partial charge in [-0.05, 0) is 115 Å². The molecule has 2 aliphatic carbocycles. The van der Waals surface area contributed by atoms with Crippen molar-refractivity contribution in [3.8, 4) is 33.4 Å². The third kappa shape index (κ3) is 5.08. The highest BCUT2D eigenvalue weighted by molar-refractivity contribution is 6.11. The van der Waals surface area contributed by atoms with Crippen molar-refractivity contribution in [2.75, 3.05) is 4.90 Å². The Labute approximate surface area is 374 Å². The van der Waals surface area contributed by atoms with Crippen molar-refractivity contribution in [3.05, 3.63) is 258 Å². The first-order chi connectivity index (χ1) is 31.5. The minimum atomic E-state index is -0.650. The summed E-state index contributed by atoms with van der Waals surface area (Å²) in [5.41, 5.74) is 19.1. The molecule has 2 heteroatoms. The molecule has 64 heavy (non-hydrogen) atoms. The Hall–Kier alpha value is -7.94. The van der Waals surface area contributed by atoms with Crippen molar-refractivity contribution >= 4 is 49.6 Å². The number of hydrogen-bond acceptors (Lipinski definition) is 1. The second-order valence-electron chi connectivity index (χ2n) is 18.0. The third-order valence-electron chi connectivity index (χ3n) is 14.4. The van der Waals surface area contributed by atoms with Crippen molar-refractivity contribution in [1.29, 1.82) is 0 Å². The molecule has 0 aliphatic heterocycles. The molecule has 11 aromatic rings. The molecule has 0 fully saturated rings. The molecule has 302 valence electrons. The first kappa shape index (κ1) is 36.7. The van der Waals surface area contributed by atoms with Gasteiger partial charge in [0.05, 0.1) is 16.7 Å². The van der Waals surface area contributed by atoms with Gasteiger partial charge in [0.2, 0.25) is 0 Å². The van der Waals surface area contributed by atoms with Crippen LogP contribution in [0, 0.1) is 0 Å². The van der Waals surface area contributed by atoms with E-state index in [1.807, 2.05) is 0 Å². The van der Waals surface area contributed by atoms with E-state index in [-0.39, 0.29) is 5.41 Å². The summed E-state index contributed by atoms with van der Waals surface area (Å²) in [4.78, 5) is 2.50. The van der Waals surface area contributed by atoms with Crippen molar-refractivity contribution in [3.63, 3.8) is 0 Å². The molecule has 0 saturated carbocycles. The molecule has 13 rings (SSSR count). The van der Waals surface area contributed by atoms with Crippen LogP contribution in [0.1, 0.15) is 41.7 Å². The van der Waals surface area contributed by atoms with Gasteiger partial charge in [0.15, 0.2) is 0 Å². The standard InChI is InChI=1S/C62H44N2/c1-61(2)53-25-12-10-24-51(53)60-56(61)28-16-30-59(60)63(46-35-32-43(33-36-46)41-17-4-3-5-18-41)47-37-38-58-52(40-47)50-23-11-15-29-57(50)64(58)62(45-34-31-42-19-6-7-20-44(42)39-45)54-26-13-8-21-48(54)49-22-9-14-27-55(49)62/h3-40H,1-2H3. The molecular weight excluding hydrogens is 773 g/mol. The van der Waals surface area contributed by atoms with Gasteiger partial charge in [-0.2, -0.15) is 0 Å². The molecule has 2 nitrogen and oxygen atoms in total. The van der Waals surface area contributed by atoms with Crippen LogP contribution in [0.25, 0.3) is 66.0 Å². The maximum Gasteiger partial charge on any atom is 0.122 e. The summed E-state index contributed by atoms with van der Waals surface area (Å²) in [6.45, 7) is 4.73. The fourth-order valence-electron chi connectivity index (χ4n) is 11.6. The Morgan fingerprint density at radius 3 is 1.72 bits per heavy atom. The molecule has 0 N–H and O–H groups in total. The number of rotatable bonds is 6. The predicted molar refractivity (Wildman–Crippen MR) is 268 cm³/mol. The zero-order chi connectivity index (χ0) is 42.6. The Morgan fingerprint density at radius 1 is 0.375 bits per heavy atom. The first-order valence-corrected chi connectivity index (χ1v) is 22.4. The van der Waals surface area contributed by atoms with E-state index in [0.29, 0.717) is 0 Å². The maximum atomic E-state index is 2.66. The summed E-state index contributed by atoms with van der Waals surface area (Å²) >= 11 is 0. The smallest absolute Gasteiger partial charge is 0.122 e. The van der Waals surface area contributed by atoms with Crippen molar-refractivity contribution in [2.45, 2.75) is 24.8 Å². The summed E-state index contributed by atoms with van der Waals surface area (Å²) in [7, 11) is 0. The maximum absolute atomic E-state index is 2.66. The number of anilines is 3. The monoisotopic (exact) mass is 816 g/mol. The Bertz CT molecular complexity index is 3600. The van der Waals surface area contributed by atoms with Gasteiger partial charge in [-0.15, -0.1) is 0 Å². The van der Waals surface area contributed by atoms with Gasteiger partial charge in [0.25, 0.3) is 0 Å². The molecule has 0 radical (unpaired) electrons. The van der Waals surface area contributed by atoms with Crippen LogP contribution in [0.2, 0.25) is 0 Å². The highest BCUT2D eigenvalue weighted by atomic mass is 15.1. The second-order valence-corrected chi connectivity index (χ2v) is 18.0. The fraction of sp³-hybridized carbons (Fsp3) is 0.0645. The number of nitrogens with zero attached hydrogens (tertiary/aromatic N) is 2. The van der Waals surface area contributed by atoms with E-state index >= 15 is 0 Å². The van der Waals surface area contributed by atoms with Crippen molar-refractivity contribution in [1.82, 2.24) is 4.57 Å². The van der Waals surface area contributed by atoms with Gasteiger partial charge in [-0.3, -0.25) is 0 Å². The molecule has 0 amide bonds. The zero-order valence-corrected chi connectivity index (χ0v) is 35.8. The molecule has 1 aromatic heterocycles. The van der Waals surface area contributed by atoms with E-state index in [0.717, 1.165) is 11.4 Å². The third-order valence-corrected chi connectivity index (χ3v) is 14.4. The van der Waals surface area contributed by atoms with Gasteiger partial charge in [0, 0.05) is 33.1 Å². The van der Waals surface area contributed by atoms with Gasteiger partial charge >= 0.3 is 0 Å². The van der Waals surface area contributed by atoms with Crippen LogP contribution in [-0.2, 0) is 11.0 Å². The molecule has 0 bridgehead atoms. The lowest BCUT2D eigenvalue weighted by Crippen LogP contribution is -2.35. The van der Waals surface area contributed by atoms with E-state index in [2.05, 4.69) is 254 Å².